The van der Waals surface area contributed by atoms with Gasteiger partial charge in [-0.15, -0.1) is 0 Å². The van der Waals surface area contributed by atoms with Crippen molar-refractivity contribution in [1.82, 2.24) is 0 Å². The van der Waals surface area contributed by atoms with Crippen LogP contribution in [0.15, 0.2) is 42.5 Å². The van der Waals surface area contributed by atoms with E-state index in [0.29, 0.717) is 48.6 Å². The number of para-hydroxylation sites is 2. The van der Waals surface area contributed by atoms with Crippen molar-refractivity contribution in [3.05, 3.63) is 48.0 Å². The molecule has 1 saturated carbocycles. The Morgan fingerprint density at radius 1 is 0.793 bits per heavy atom. The van der Waals surface area contributed by atoms with Gasteiger partial charge in [-0.3, -0.25) is 9.59 Å². The molecule has 0 saturated heterocycles. The third-order valence-corrected chi connectivity index (χ3v) is 5.45. The molecule has 0 heterocycles. The summed E-state index contributed by atoms with van der Waals surface area (Å²) < 4.78 is 10.6. The zero-order valence-electron chi connectivity index (χ0n) is 17.2. The molecule has 0 bridgehead atoms. The predicted molar refractivity (Wildman–Crippen MR) is 113 cm³/mol. The van der Waals surface area contributed by atoms with Crippen LogP contribution in [-0.2, 0) is 9.59 Å². The first-order valence-electron chi connectivity index (χ1n) is 9.91. The van der Waals surface area contributed by atoms with Crippen molar-refractivity contribution >= 4 is 23.2 Å². The summed E-state index contributed by atoms with van der Waals surface area (Å²) in [5, 5.41) is 5.95. The quantitative estimate of drug-likeness (QED) is 0.759. The van der Waals surface area contributed by atoms with Gasteiger partial charge in [0.05, 0.1) is 25.6 Å². The zero-order chi connectivity index (χ0) is 20.8. The van der Waals surface area contributed by atoms with E-state index in [1.807, 2.05) is 49.4 Å². The van der Waals surface area contributed by atoms with Gasteiger partial charge in [0.2, 0.25) is 11.8 Å². The van der Waals surface area contributed by atoms with Crippen LogP contribution in [-0.4, -0.2) is 26.0 Å². The third-order valence-electron chi connectivity index (χ3n) is 5.45. The number of aryl methyl sites for hydroxylation is 1. The lowest BCUT2D eigenvalue weighted by molar-refractivity contribution is -0.125. The average Bonchev–Trinajstić information content (AvgIpc) is 2.74. The van der Waals surface area contributed by atoms with Crippen LogP contribution in [0.3, 0.4) is 0 Å². The minimum atomic E-state index is -0.101. The van der Waals surface area contributed by atoms with E-state index < -0.39 is 0 Å². The summed E-state index contributed by atoms with van der Waals surface area (Å²) >= 11 is 0. The number of rotatable bonds is 6. The van der Waals surface area contributed by atoms with Crippen LogP contribution in [0.5, 0.6) is 11.5 Å². The van der Waals surface area contributed by atoms with E-state index in [9.17, 15) is 9.59 Å². The molecule has 0 atom stereocenters. The molecule has 6 nitrogen and oxygen atoms in total. The normalized spacial score (nSPS) is 18.6. The molecule has 2 aromatic rings. The van der Waals surface area contributed by atoms with Crippen LogP contribution >= 0.6 is 0 Å². The molecule has 6 heteroatoms. The molecule has 3 rings (SSSR count). The molecule has 0 radical (unpaired) electrons. The second kappa shape index (κ2) is 9.45. The molecule has 0 aliphatic heterocycles. The van der Waals surface area contributed by atoms with E-state index in [-0.39, 0.29) is 23.7 Å². The lowest BCUT2D eigenvalue weighted by Gasteiger charge is -2.27. The molecule has 2 N–H and O–H groups in total. The van der Waals surface area contributed by atoms with Gasteiger partial charge in [-0.25, -0.2) is 0 Å². The summed E-state index contributed by atoms with van der Waals surface area (Å²) in [4.78, 5) is 25.4. The lowest BCUT2D eigenvalue weighted by Crippen LogP contribution is -2.32. The van der Waals surface area contributed by atoms with Crippen molar-refractivity contribution in [3.63, 3.8) is 0 Å². The predicted octanol–water partition coefficient (Wildman–Crippen LogP) is 4.40. The highest BCUT2D eigenvalue weighted by Gasteiger charge is 2.30. The van der Waals surface area contributed by atoms with Crippen LogP contribution in [0.25, 0.3) is 0 Å². The van der Waals surface area contributed by atoms with Crippen molar-refractivity contribution in [2.45, 2.75) is 32.6 Å². The van der Waals surface area contributed by atoms with Crippen LogP contribution in [0.4, 0.5) is 11.4 Å². The van der Waals surface area contributed by atoms with Crippen LogP contribution in [0.1, 0.15) is 31.2 Å². The number of carbonyl (C=O) groups is 2. The molecule has 0 aromatic heterocycles. The molecule has 1 aliphatic rings. The Kier molecular flexibility index (Phi) is 6.75. The van der Waals surface area contributed by atoms with Gasteiger partial charge in [-0.05, 0) is 62.4 Å². The topological polar surface area (TPSA) is 76.7 Å². The number of nitrogens with one attached hydrogen (secondary N) is 2. The highest BCUT2D eigenvalue weighted by molar-refractivity contribution is 5.96. The number of methoxy groups -OCH3 is 2. The van der Waals surface area contributed by atoms with Gasteiger partial charge in [-0.2, -0.15) is 0 Å². The van der Waals surface area contributed by atoms with Gasteiger partial charge in [0.1, 0.15) is 11.5 Å². The first kappa shape index (κ1) is 20.7. The molecule has 154 valence electrons. The van der Waals surface area contributed by atoms with E-state index in [0.717, 1.165) is 5.56 Å². The van der Waals surface area contributed by atoms with Crippen molar-refractivity contribution in [1.29, 1.82) is 0 Å². The molecule has 29 heavy (non-hydrogen) atoms. The maximum atomic E-state index is 12.7. The van der Waals surface area contributed by atoms with Gasteiger partial charge < -0.3 is 20.1 Å². The Labute approximate surface area is 171 Å². The fourth-order valence-electron chi connectivity index (χ4n) is 3.75. The molecular weight excluding hydrogens is 368 g/mol. The Balaban J connectivity index is 1.55. The van der Waals surface area contributed by atoms with Gasteiger partial charge >= 0.3 is 0 Å². The molecule has 2 amide bonds. The Morgan fingerprint density at radius 3 is 1.90 bits per heavy atom. The summed E-state index contributed by atoms with van der Waals surface area (Å²) in [7, 11) is 3.17. The highest BCUT2D eigenvalue weighted by atomic mass is 16.5. The number of hydrogen-bond acceptors (Lipinski definition) is 4. The number of anilines is 2. The molecule has 2 aromatic carbocycles. The van der Waals surface area contributed by atoms with Crippen LogP contribution < -0.4 is 20.1 Å². The van der Waals surface area contributed by atoms with E-state index in [1.165, 1.54) is 0 Å². The van der Waals surface area contributed by atoms with Gasteiger partial charge in [0.15, 0.2) is 0 Å². The summed E-state index contributed by atoms with van der Waals surface area (Å²) in [6, 6.07) is 13.1. The third kappa shape index (κ3) is 5.08. The summed E-state index contributed by atoms with van der Waals surface area (Å²) in [5.74, 6) is 1.05. The molecule has 1 fully saturated rings. The summed E-state index contributed by atoms with van der Waals surface area (Å²) in [6.45, 7) is 1.97. The van der Waals surface area contributed by atoms with E-state index in [1.54, 1.807) is 14.2 Å². The molecule has 0 spiro atoms. The second-order valence-corrected chi connectivity index (χ2v) is 7.43. The number of ether oxygens (including phenoxy) is 2. The maximum absolute atomic E-state index is 12.7. The Bertz CT molecular complexity index is 873. The van der Waals surface area contributed by atoms with Gasteiger partial charge in [0.25, 0.3) is 0 Å². The van der Waals surface area contributed by atoms with Crippen molar-refractivity contribution in [2.75, 3.05) is 24.9 Å². The molecular formula is C23H28N2O4. The summed E-state index contributed by atoms with van der Waals surface area (Å²) in [6.07, 6.45) is 2.74. The minimum absolute atomic E-state index is 0.0162. The van der Waals surface area contributed by atoms with Gasteiger partial charge in [-0.1, -0.05) is 18.2 Å². The SMILES string of the molecule is COc1ccccc1NC(=O)C1CCC(C(=O)Nc2cc(C)ccc2OC)CC1. The fourth-order valence-corrected chi connectivity index (χ4v) is 3.75. The standard InChI is InChI=1S/C23H28N2O4/c1-15-8-13-21(29-3)19(14-15)25-23(27)17-11-9-16(10-12-17)22(26)24-18-6-4-5-7-20(18)28-2/h4-8,13-14,16-17H,9-12H2,1-3H3,(H,24,26)(H,25,27). The smallest absolute Gasteiger partial charge is 0.227 e. The second-order valence-electron chi connectivity index (χ2n) is 7.43. The molecule has 0 unspecified atom stereocenters. The van der Waals surface area contributed by atoms with E-state index in [4.69, 9.17) is 9.47 Å². The molecule has 1 aliphatic carbocycles. The largest absolute Gasteiger partial charge is 0.495 e. The maximum Gasteiger partial charge on any atom is 0.227 e. The van der Waals surface area contributed by atoms with Crippen LogP contribution in [0.2, 0.25) is 0 Å². The Morgan fingerprint density at radius 2 is 1.31 bits per heavy atom. The zero-order valence-corrected chi connectivity index (χ0v) is 17.2. The van der Waals surface area contributed by atoms with Crippen molar-refractivity contribution in [3.8, 4) is 11.5 Å². The average molecular weight is 396 g/mol. The monoisotopic (exact) mass is 396 g/mol. The lowest BCUT2D eigenvalue weighted by atomic mass is 9.81. The van der Waals surface area contributed by atoms with E-state index >= 15 is 0 Å². The summed E-state index contributed by atoms with van der Waals surface area (Å²) in [5.41, 5.74) is 2.41. The minimum Gasteiger partial charge on any atom is -0.495 e. The number of hydrogen-bond donors (Lipinski definition) is 2. The van der Waals surface area contributed by atoms with Gasteiger partial charge in [0, 0.05) is 11.8 Å². The highest BCUT2D eigenvalue weighted by Crippen LogP contribution is 2.33. The first-order valence-corrected chi connectivity index (χ1v) is 9.91. The fraction of sp³-hybridized carbons (Fsp3) is 0.391. The Hall–Kier alpha value is -3.02. The number of amides is 2. The number of benzene rings is 2. The van der Waals surface area contributed by atoms with E-state index in [2.05, 4.69) is 10.6 Å². The van der Waals surface area contributed by atoms with Crippen molar-refractivity contribution < 1.29 is 19.1 Å². The van der Waals surface area contributed by atoms with Crippen molar-refractivity contribution in [2.24, 2.45) is 11.8 Å². The first-order chi connectivity index (χ1) is 14.0. The number of carbonyl (C=O) groups excluding carboxylic acids is 2. The van der Waals surface area contributed by atoms with Crippen LogP contribution in [0, 0.1) is 18.8 Å².